The number of hydrogen-bond donors (Lipinski definition) is 1. The number of phenolic OH excluding ortho intramolecular Hbond substituents is 1. The number of rotatable bonds is 1. The number of aryl methyl sites for hydroxylation is 1. The van der Waals surface area contributed by atoms with Crippen LogP contribution in [0.4, 0.5) is 0 Å². The van der Waals surface area contributed by atoms with E-state index < -0.39 is 0 Å². The van der Waals surface area contributed by atoms with Gasteiger partial charge in [-0.2, -0.15) is 0 Å². The van der Waals surface area contributed by atoms with Crippen LogP contribution in [0.2, 0.25) is 0 Å². The molecule has 0 aromatic heterocycles. The van der Waals surface area contributed by atoms with Gasteiger partial charge in [0.25, 0.3) is 5.91 Å². The van der Waals surface area contributed by atoms with Gasteiger partial charge in [-0.1, -0.05) is 24.3 Å². The number of phenols is 1. The summed E-state index contributed by atoms with van der Waals surface area (Å²) < 4.78 is 0.755. The molecule has 0 fully saturated rings. The van der Waals surface area contributed by atoms with Crippen LogP contribution in [-0.4, -0.2) is 22.5 Å². The quantitative estimate of drug-likeness (QED) is 0.753. The third-order valence-corrected chi connectivity index (χ3v) is 4.75. The Hall–Kier alpha value is -1.56. The molecule has 0 spiro atoms. The first-order valence-corrected chi connectivity index (χ1v) is 8.07. The molecule has 0 aliphatic carbocycles. The predicted octanol–water partition coefficient (Wildman–Crippen LogP) is 3.59. The summed E-state index contributed by atoms with van der Waals surface area (Å²) in [4.78, 5) is 14.5. The molecule has 2 aromatic carbocycles. The van der Waals surface area contributed by atoms with Crippen LogP contribution in [0.3, 0.4) is 0 Å². The van der Waals surface area contributed by atoms with Crippen molar-refractivity contribution in [1.29, 1.82) is 0 Å². The summed E-state index contributed by atoms with van der Waals surface area (Å²) in [6.07, 6.45) is 1.98. The van der Waals surface area contributed by atoms with Gasteiger partial charge in [-0.25, -0.2) is 0 Å². The standard InChI is InChI=1S/C17H16INO2/c18-15-8-7-13(10-16(15)20)17(21)19-9-3-6-12-4-1-2-5-14(12)11-19/h1-2,4-5,7-8,10,20H,3,6,9,11H2. The molecule has 0 saturated carbocycles. The van der Waals surface area contributed by atoms with Gasteiger partial charge in [0.1, 0.15) is 5.75 Å². The lowest BCUT2D eigenvalue weighted by molar-refractivity contribution is 0.0745. The summed E-state index contributed by atoms with van der Waals surface area (Å²) in [5, 5.41) is 9.78. The molecule has 0 unspecified atom stereocenters. The molecule has 3 rings (SSSR count). The molecule has 2 aromatic rings. The van der Waals surface area contributed by atoms with Crippen LogP contribution in [0.5, 0.6) is 5.75 Å². The van der Waals surface area contributed by atoms with Gasteiger partial charge in [0.05, 0.1) is 3.57 Å². The maximum Gasteiger partial charge on any atom is 0.254 e. The van der Waals surface area contributed by atoms with Crippen LogP contribution in [0.25, 0.3) is 0 Å². The van der Waals surface area contributed by atoms with Gasteiger partial charge >= 0.3 is 0 Å². The third kappa shape index (κ3) is 3.05. The van der Waals surface area contributed by atoms with Crippen LogP contribution in [-0.2, 0) is 13.0 Å². The van der Waals surface area contributed by atoms with E-state index in [2.05, 4.69) is 34.7 Å². The second kappa shape index (κ2) is 6.05. The molecule has 1 heterocycles. The van der Waals surface area contributed by atoms with Crippen molar-refractivity contribution in [2.75, 3.05) is 6.54 Å². The van der Waals surface area contributed by atoms with E-state index in [0.717, 1.165) is 23.0 Å². The van der Waals surface area contributed by atoms with E-state index in [4.69, 9.17) is 0 Å². The Morgan fingerprint density at radius 3 is 2.67 bits per heavy atom. The molecule has 1 N–H and O–H groups in total. The summed E-state index contributed by atoms with van der Waals surface area (Å²) in [6.45, 7) is 1.39. The highest BCUT2D eigenvalue weighted by Crippen LogP contribution is 2.24. The molecule has 0 bridgehead atoms. The van der Waals surface area contributed by atoms with Crippen molar-refractivity contribution >= 4 is 28.5 Å². The second-order valence-corrected chi connectivity index (χ2v) is 6.43. The predicted molar refractivity (Wildman–Crippen MR) is 90.3 cm³/mol. The summed E-state index contributed by atoms with van der Waals surface area (Å²) in [5.74, 6) is 0.148. The van der Waals surface area contributed by atoms with Gasteiger partial charge in [-0.15, -0.1) is 0 Å². The van der Waals surface area contributed by atoms with E-state index in [1.54, 1.807) is 18.2 Å². The highest BCUT2D eigenvalue weighted by molar-refractivity contribution is 14.1. The van der Waals surface area contributed by atoms with E-state index in [9.17, 15) is 9.90 Å². The van der Waals surface area contributed by atoms with Crippen LogP contribution in [0, 0.1) is 3.57 Å². The molecule has 0 atom stereocenters. The minimum Gasteiger partial charge on any atom is -0.507 e. The van der Waals surface area contributed by atoms with Crippen LogP contribution in [0.15, 0.2) is 42.5 Å². The molecule has 1 aliphatic heterocycles. The Morgan fingerprint density at radius 1 is 1.14 bits per heavy atom. The number of nitrogens with zero attached hydrogens (tertiary/aromatic N) is 1. The number of carbonyl (C=O) groups excluding carboxylic acids is 1. The molecular formula is C17H16INO2. The number of benzene rings is 2. The van der Waals surface area contributed by atoms with E-state index in [0.29, 0.717) is 12.1 Å². The molecule has 3 nitrogen and oxygen atoms in total. The molecule has 0 saturated heterocycles. The monoisotopic (exact) mass is 393 g/mol. The van der Waals surface area contributed by atoms with Crippen molar-refractivity contribution in [3.8, 4) is 5.75 Å². The summed E-state index contributed by atoms with van der Waals surface area (Å²) in [7, 11) is 0. The fourth-order valence-electron chi connectivity index (χ4n) is 2.70. The lowest BCUT2D eigenvalue weighted by atomic mass is 10.0. The number of fused-ring (bicyclic) bond motifs is 1. The van der Waals surface area contributed by atoms with Crippen molar-refractivity contribution in [2.24, 2.45) is 0 Å². The SMILES string of the molecule is O=C(c1ccc(I)c(O)c1)N1CCCc2ccccc2C1. The molecule has 1 aliphatic rings. The number of carbonyl (C=O) groups is 1. The minimum absolute atomic E-state index is 0.0154. The Labute approximate surface area is 137 Å². The van der Waals surface area contributed by atoms with Crippen molar-refractivity contribution < 1.29 is 9.90 Å². The van der Waals surface area contributed by atoms with Gasteiger partial charge in [0.15, 0.2) is 0 Å². The van der Waals surface area contributed by atoms with Crippen LogP contribution >= 0.6 is 22.6 Å². The number of halogens is 1. The summed E-state index contributed by atoms with van der Waals surface area (Å²) in [6, 6.07) is 13.4. The molecule has 1 amide bonds. The maximum absolute atomic E-state index is 12.6. The Balaban J connectivity index is 1.86. The maximum atomic E-state index is 12.6. The Bertz CT molecular complexity index is 684. The highest BCUT2D eigenvalue weighted by atomic mass is 127. The third-order valence-electron chi connectivity index (χ3n) is 3.83. The first-order chi connectivity index (χ1) is 10.1. The van der Waals surface area contributed by atoms with Crippen molar-refractivity contribution in [2.45, 2.75) is 19.4 Å². The largest absolute Gasteiger partial charge is 0.507 e. The van der Waals surface area contributed by atoms with Crippen molar-refractivity contribution in [3.05, 3.63) is 62.7 Å². The summed E-state index contributed by atoms with van der Waals surface area (Å²) in [5.41, 5.74) is 3.10. The number of hydrogen-bond acceptors (Lipinski definition) is 2. The Morgan fingerprint density at radius 2 is 1.90 bits per heavy atom. The zero-order valence-corrected chi connectivity index (χ0v) is 13.7. The lowest BCUT2D eigenvalue weighted by Gasteiger charge is -2.21. The zero-order valence-electron chi connectivity index (χ0n) is 11.6. The van der Waals surface area contributed by atoms with Gasteiger partial charge in [0.2, 0.25) is 0 Å². The van der Waals surface area contributed by atoms with Gasteiger partial charge < -0.3 is 10.0 Å². The first kappa shape index (κ1) is 14.4. The fourth-order valence-corrected chi connectivity index (χ4v) is 3.04. The Kier molecular flexibility index (Phi) is 4.14. The normalized spacial score (nSPS) is 14.4. The van der Waals surface area contributed by atoms with Gasteiger partial charge in [0, 0.05) is 18.7 Å². The zero-order chi connectivity index (χ0) is 14.8. The van der Waals surface area contributed by atoms with E-state index in [1.807, 2.05) is 17.0 Å². The molecule has 4 heteroatoms. The molecular weight excluding hydrogens is 377 g/mol. The average Bonchev–Trinajstić information content (AvgIpc) is 2.71. The van der Waals surface area contributed by atoms with Crippen molar-refractivity contribution in [3.63, 3.8) is 0 Å². The number of amides is 1. The average molecular weight is 393 g/mol. The van der Waals surface area contributed by atoms with E-state index >= 15 is 0 Å². The van der Waals surface area contributed by atoms with Gasteiger partial charge in [-0.05, 0) is 64.8 Å². The second-order valence-electron chi connectivity index (χ2n) is 5.27. The number of aromatic hydroxyl groups is 1. The first-order valence-electron chi connectivity index (χ1n) is 7.00. The molecule has 108 valence electrons. The highest BCUT2D eigenvalue weighted by Gasteiger charge is 2.20. The lowest BCUT2D eigenvalue weighted by Crippen LogP contribution is -2.30. The fraction of sp³-hybridized carbons (Fsp3) is 0.235. The van der Waals surface area contributed by atoms with Crippen LogP contribution in [0.1, 0.15) is 27.9 Å². The van der Waals surface area contributed by atoms with E-state index in [-0.39, 0.29) is 11.7 Å². The van der Waals surface area contributed by atoms with Crippen molar-refractivity contribution in [1.82, 2.24) is 4.90 Å². The molecule has 0 radical (unpaired) electrons. The molecule has 21 heavy (non-hydrogen) atoms. The van der Waals surface area contributed by atoms with Crippen LogP contribution < -0.4 is 0 Å². The summed E-state index contributed by atoms with van der Waals surface area (Å²) >= 11 is 2.05. The topological polar surface area (TPSA) is 40.5 Å². The van der Waals surface area contributed by atoms with Gasteiger partial charge in [-0.3, -0.25) is 4.79 Å². The smallest absolute Gasteiger partial charge is 0.254 e. The minimum atomic E-state index is -0.0154. The van der Waals surface area contributed by atoms with E-state index in [1.165, 1.54) is 11.1 Å².